The molecular formula is C29H40N2O. The van der Waals surface area contributed by atoms with Crippen molar-refractivity contribution in [3.63, 3.8) is 0 Å². The second kappa shape index (κ2) is 9.70. The predicted octanol–water partition coefficient (Wildman–Crippen LogP) is 7.98. The molecular weight excluding hydrogens is 392 g/mol. The molecule has 3 nitrogen and oxygen atoms in total. The summed E-state index contributed by atoms with van der Waals surface area (Å²) in [5, 5.41) is 0. The first kappa shape index (κ1) is 24.4. The molecule has 1 aliphatic heterocycles. The third kappa shape index (κ3) is 4.88. The zero-order valence-corrected chi connectivity index (χ0v) is 21.7. The van der Waals surface area contributed by atoms with Crippen molar-refractivity contribution < 1.29 is 4.74 Å². The van der Waals surface area contributed by atoms with Crippen molar-refractivity contribution in [2.75, 3.05) is 0 Å². The number of nitrogens with zero attached hydrogens (tertiary/aromatic N) is 2. The lowest BCUT2D eigenvalue weighted by molar-refractivity contribution is 0.0230. The molecule has 2 aromatic carbocycles. The zero-order valence-electron chi connectivity index (χ0n) is 21.7. The van der Waals surface area contributed by atoms with Crippen LogP contribution in [0.2, 0.25) is 0 Å². The maximum absolute atomic E-state index is 6.57. The standard InChI is InChI=1S/C29H40N2O/c1-16-14-17(2)21(6)28(20(16)5)30-24(9)26-12-11-13-27(32-26)25(10)31-29-22(7)18(3)15-19(4)23(29)8/h14-15,26-27H,11-13H2,1-10H3. The zero-order chi connectivity index (χ0) is 23.7. The van der Waals surface area contributed by atoms with Gasteiger partial charge in [0.15, 0.2) is 0 Å². The molecule has 2 unspecified atom stereocenters. The van der Waals surface area contributed by atoms with Crippen LogP contribution in [0.1, 0.15) is 77.6 Å². The maximum atomic E-state index is 6.57. The summed E-state index contributed by atoms with van der Waals surface area (Å²) in [5.74, 6) is 0. The minimum atomic E-state index is 0.0416. The Kier molecular flexibility index (Phi) is 7.39. The molecule has 2 aromatic rings. The van der Waals surface area contributed by atoms with E-state index in [1.807, 2.05) is 0 Å². The minimum absolute atomic E-state index is 0.0416. The summed E-state index contributed by atoms with van der Waals surface area (Å²) in [6.07, 6.45) is 3.25. The van der Waals surface area contributed by atoms with Crippen LogP contribution >= 0.6 is 0 Å². The van der Waals surface area contributed by atoms with Gasteiger partial charge in [-0.15, -0.1) is 0 Å². The number of benzene rings is 2. The van der Waals surface area contributed by atoms with Crippen LogP contribution in [0, 0.1) is 55.4 Å². The van der Waals surface area contributed by atoms with Gasteiger partial charge in [-0.2, -0.15) is 0 Å². The van der Waals surface area contributed by atoms with Crippen molar-refractivity contribution in [3.8, 4) is 0 Å². The Hall–Kier alpha value is -2.26. The van der Waals surface area contributed by atoms with Crippen LogP contribution in [0.5, 0.6) is 0 Å². The molecule has 172 valence electrons. The van der Waals surface area contributed by atoms with Gasteiger partial charge in [-0.05, 0) is 133 Å². The smallest absolute Gasteiger partial charge is 0.0962 e. The second-order valence-electron chi connectivity index (χ2n) is 9.77. The van der Waals surface area contributed by atoms with Gasteiger partial charge in [-0.1, -0.05) is 12.1 Å². The Morgan fingerprint density at radius 2 is 0.938 bits per heavy atom. The fourth-order valence-corrected chi connectivity index (χ4v) is 4.66. The summed E-state index contributed by atoms with van der Waals surface area (Å²) >= 11 is 0. The molecule has 2 atom stereocenters. The Morgan fingerprint density at radius 3 is 1.25 bits per heavy atom. The van der Waals surface area contributed by atoms with Gasteiger partial charge in [0.2, 0.25) is 0 Å². The van der Waals surface area contributed by atoms with Crippen molar-refractivity contribution in [1.82, 2.24) is 0 Å². The second-order valence-corrected chi connectivity index (χ2v) is 9.77. The Morgan fingerprint density at radius 1 is 0.625 bits per heavy atom. The fraction of sp³-hybridized carbons (Fsp3) is 0.517. The molecule has 1 heterocycles. The Labute approximate surface area is 195 Å². The number of ether oxygens (including phenoxy) is 1. The first-order valence-electron chi connectivity index (χ1n) is 11.9. The van der Waals surface area contributed by atoms with Gasteiger partial charge in [0, 0.05) is 11.4 Å². The lowest BCUT2D eigenvalue weighted by Gasteiger charge is -2.30. The van der Waals surface area contributed by atoms with Crippen molar-refractivity contribution in [2.45, 2.75) is 101 Å². The van der Waals surface area contributed by atoms with Crippen LogP contribution in [0.3, 0.4) is 0 Å². The SMILES string of the molecule is CC(=Nc1c(C)c(C)cc(C)c1C)C1CCCC(C(C)=Nc2c(C)c(C)cc(C)c2C)O1. The van der Waals surface area contributed by atoms with Crippen LogP contribution in [0.15, 0.2) is 22.1 Å². The fourth-order valence-electron chi connectivity index (χ4n) is 4.66. The summed E-state index contributed by atoms with van der Waals surface area (Å²) < 4.78 is 6.57. The Bertz CT molecular complexity index is 953. The molecule has 1 fully saturated rings. The van der Waals surface area contributed by atoms with E-state index in [0.717, 1.165) is 42.1 Å². The first-order chi connectivity index (χ1) is 15.0. The van der Waals surface area contributed by atoms with Crippen molar-refractivity contribution in [2.24, 2.45) is 9.98 Å². The molecule has 0 spiro atoms. The van der Waals surface area contributed by atoms with Crippen LogP contribution in [-0.4, -0.2) is 23.6 Å². The number of aryl methyl sites for hydroxylation is 4. The highest BCUT2D eigenvalue weighted by molar-refractivity contribution is 5.92. The highest BCUT2D eigenvalue weighted by Gasteiger charge is 2.27. The molecule has 1 aliphatic rings. The predicted molar refractivity (Wildman–Crippen MR) is 139 cm³/mol. The van der Waals surface area contributed by atoms with Gasteiger partial charge in [0.05, 0.1) is 23.6 Å². The summed E-state index contributed by atoms with van der Waals surface area (Å²) in [4.78, 5) is 10.2. The topological polar surface area (TPSA) is 34.0 Å². The molecule has 32 heavy (non-hydrogen) atoms. The van der Waals surface area contributed by atoms with Gasteiger partial charge >= 0.3 is 0 Å². The molecule has 3 rings (SSSR count). The van der Waals surface area contributed by atoms with Crippen molar-refractivity contribution >= 4 is 22.8 Å². The van der Waals surface area contributed by atoms with Crippen LogP contribution < -0.4 is 0 Å². The molecule has 3 heteroatoms. The van der Waals surface area contributed by atoms with Crippen molar-refractivity contribution in [3.05, 3.63) is 56.6 Å². The molecule has 0 aliphatic carbocycles. The monoisotopic (exact) mass is 432 g/mol. The molecule has 1 saturated heterocycles. The average Bonchev–Trinajstić information content (AvgIpc) is 2.76. The number of hydrogen-bond acceptors (Lipinski definition) is 3. The van der Waals surface area contributed by atoms with Gasteiger partial charge < -0.3 is 4.74 Å². The summed E-state index contributed by atoms with van der Waals surface area (Å²) in [6, 6.07) is 4.51. The highest BCUT2D eigenvalue weighted by atomic mass is 16.5. The molecule has 0 saturated carbocycles. The van der Waals surface area contributed by atoms with E-state index >= 15 is 0 Å². The van der Waals surface area contributed by atoms with E-state index in [0.29, 0.717) is 0 Å². The quantitative estimate of drug-likeness (QED) is 0.451. The minimum Gasteiger partial charge on any atom is -0.363 e. The van der Waals surface area contributed by atoms with Crippen LogP contribution in [-0.2, 0) is 4.74 Å². The highest BCUT2D eigenvalue weighted by Crippen LogP contribution is 2.33. The van der Waals surface area contributed by atoms with Crippen LogP contribution in [0.4, 0.5) is 11.4 Å². The van der Waals surface area contributed by atoms with E-state index in [1.165, 1.54) is 44.5 Å². The molecule has 0 N–H and O–H groups in total. The maximum Gasteiger partial charge on any atom is 0.0962 e. The molecule has 0 bridgehead atoms. The molecule has 0 aromatic heterocycles. The summed E-state index contributed by atoms with van der Waals surface area (Å²) in [7, 11) is 0. The van der Waals surface area contributed by atoms with Gasteiger partial charge in [0.25, 0.3) is 0 Å². The van der Waals surface area contributed by atoms with Gasteiger partial charge in [-0.3, -0.25) is 9.98 Å². The van der Waals surface area contributed by atoms with Crippen LogP contribution in [0.25, 0.3) is 0 Å². The number of aliphatic imine (C=N–C) groups is 2. The normalized spacial score (nSPS) is 20.1. The molecule has 0 amide bonds. The van der Waals surface area contributed by atoms with E-state index in [1.54, 1.807) is 0 Å². The summed E-state index contributed by atoms with van der Waals surface area (Å²) in [6.45, 7) is 21.6. The van der Waals surface area contributed by atoms with Crippen molar-refractivity contribution in [1.29, 1.82) is 0 Å². The number of rotatable bonds is 4. The lowest BCUT2D eigenvalue weighted by atomic mass is 9.96. The average molecular weight is 433 g/mol. The van der Waals surface area contributed by atoms with Gasteiger partial charge in [-0.25, -0.2) is 0 Å². The van der Waals surface area contributed by atoms with E-state index in [4.69, 9.17) is 14.7 Å². The summed E-state index contributed by atoms with van der Waals surface area (Å²) in [5.41, 5.74) is 14.6. The van der Waals surface area contributed by atoms with E-state index in [9.17, 15) is 0 Å². The van der Waals surface area contributed by atoms with E-state index < -0.39 is 0 Å². The molecule has 0 radical (unpaired) electrons. The van der Waals surface area contributed by atoms with E-state index in [-0.39, 0.29) is 12.2 Å². The third-order valence-corrected chi connectivity index (χ3v) is 7.42. The lowest BCUT2D eigenvalue weighted by Crippen LogP contribution is -2.36. The largest absolute Gasteiger partial charge is 0.363 e. The third-order valence-electron chi connectivity index (χ3n) is 7.42. The number of hydrogen-bond donors (Lipinski definition) is 0. The van der Waals surface area contributed by atoms with Gasteiger partial charge in [0.1, 0.15) is 0 Å². The Balaban J connectivity index is 1.88. The van der Waals surface area contributed by atoms with E-state index in [2.05, 4.69) is 81.4 Å². The first-order valence-corrected chi connectivity index (χ1v) is 11.9.